The molecular formula is C20H21N5O6S. The predicted octanol–water partition coefficient (Wildman–Crippen LogP) is 2.54. The standard InChI is InChI=1S/C20H21N5O6S/c1-4-13-7-8-14(10-15(13)25(27)28)19(26)22-11-12(2)18-23-20(31-24-18)17-16(32(3,29)30)6-5-9-21-17/h5-10,12H,4,11H2,1-3H3,(H,22,26). The van der Waals surface area contributed by atoms with Gasteiger partial charge >= 0.3 is 0 Å². The first kappa shape index (κ1) is 23.0. The van der Waals surface area contributed by atoms with Gasteiger partial charge in [-0.2, -0.15) is 4.98 Å². The zero-order valence-electron chi connectivity index (χ0n) is 17.6. The molecule has 3 aromatic rings. The van der Waals surface area contributed by atoms with Gasteiger partial charge in [0.15, 0.2) is 15.7 Å². The first-order valence-corrected chi connectivity index (χ1v) is 11.6. The number of sulfone groups is 1. The van der Waals surface area contributed by atoms with E-state index in [0.717, 1.165) is 6.26 Å². The Balaban J connectivity index is 1.73. The second-order valence-electron chi connectivity index (χ2n) is 7.15. The van der Waals surface area contributed by atoms with E-state index in [0.29, 0.717) is 12.0 Å². The van der Waals surface area contributed by atoms with Crippen LogP contribution in [0.3, 0.4) is 0 Å². The van der Waals surface area contributed by atoms with Gasteiger partial charge in [0, 0.05) is 42.1 Å². The van der Waals surface area contributed by atoms with Gasteiger partial charge in [-0.25, -0.2) is 13.4 Å². The summed E-state index contributed by atoms with van der Waals surface area (Å²) in [6.45, 7) is 3.67. The van der Waals surface area contributed by atoms with Gasteiger partial charge in [0.25, 0.3) is 17.5 Å². The molecule has 0 saturated heterocycles. The highest BCUT2D eigenvalue weighted by Gasteiger charge is 2.23. The fourth-order valence-electron chi connectivity index (χ4n) is 2.99. The molecule has 1 N–H and O–H groups in total. The van der Waals surface area contributed by atoms with E-state index in [9.17, 15) is 23.3 Å². The Bertz CT molecular complexity index is 1270. The number of amides is 1. The molecule has 3 rings (SSSR count). The largest absolute Gasteiger partial charge is 0.351 e. The summed E-state index contributed by atoms with van der Waals surface area (Å²) in [5.41, 5.74) is 0.657. The van der Waals surface area contributed by atoms with Crippen LogP contribution in [0.25, 0.3) is 11.6 Å². The summed E-state index contributed by atoms with van der Waals surface area (Å²) in [5, 5.41) is 17.8. The number of hydrogen-bond donors (Lipinski definition) is 1. The van der Waals surface area contributed by atoms with Gasteiger partial charge in [-0.3, -0.25) is 14.9 Å². The summed E-state index contributed by atoms with van der Waals surface area (Å²) in [4.78, 5) is 31.4. The third-order valence-corrected chi connectivity index (χ3v) is 5.88. The number of nitrogens with one attached hydrogen (secondary N) is 1. The molecule has 0 aliphatic heterocycles. The predicted molar refractivity (Wildman–Crippen MR) is 114 cm³/mol. The maximum atomic E-state index is 12.5. The van der Waals surface area contributed by atoms with Crippen molar-refractivity contribution >= 4 is 21.4 Å². The number of nitro benzene ring substituents is 1. The van der Waals surface area contributed by atoms with E-state index in [-0.39, 0.29) is 46.0 Å². The number of carbonyl (C=O) groups excluding carboxylic acids is 1. The van der Waals surface area contributed by atoms with Crippen molar-refractivity contribution in [1.82, 2.24) is 20.4 Å². The Labute approximate surface area is 183 Å². The van der Waals surface area contributed by atoms with Crippen LogP contribution in [0.1, 0.15) is 41.5 Å². The lowest BCUT2D eigenvalue weighted by Gasteiger charge is -2.09. The minimum atomic E-state index is -3.55. The van der Waals surface area contributed by atoms with Gasteiger partial charge in [0.05, 0.1) is 9.82 Å². The SMILES string of the molecule is CCc1ccc(C(=O)NCC(C)c2noc(-c3ncccc3S(C)(=O)=O)n2)cc1[N+](=O)[O-]. The maximum absolute atomic E-state index is 12.5. The van der Waals surface area contributed by atoms with Crippen LogP contribution in [0, 0.1) is 10.1 Å². The number of nitrogens with zero attached hydrogens (tertiary/aromatic N) is 4. The lowest BCUT2D eigenvalue weighted by molar-refractivity contribution is -0.385. The quantitative estimate of drug-likeness (QED) is 0.394. The van der Waals surface area contributed by atoms with Gasteiger partial charge in [0.2, 0.25) is 0 Å². The van der Waals surface area contributed by atoms with Crippen molar-refractivity contribution < 1.29 is 22.7 Å². The number of rotatable bonds is 8. The van der Waals surface area contributed by atoms with Crippen LogP contribution in [0.2, 0.25) is 0 Å². The average Bonchev–Trinajstić information content (AvgIpc) is 3.26. The van der Waals surface area contributed by atoms with Crippen molar-refractivity contribution in [2.24, 2.45) is 0 Å². The van der Waals surface area contributed by atoms with Crippen molar-refractivity contribution in [3.8, 4) is 11.6 Å². The number of aryl methyl sites for hydroxylation is 1. The Morgan fingerprint density at radius 2 is 2.06 bits per heavy atom. The molecule has 0 saturated carbocycles. The molecule has 0 aliphatic rings. The fourth-order valence-corrected chi connectivity index (χ4v) is 3.81. The van der Waals surface area contributed by atoms with E-state index in [1.54, 1.807) is 19.9 Å². The van der Waals surface area contributed by atoms with E-state index in [2.05, 4.69) is 20.4 Å². The summed E-state index contributed by atoms with van der Waals surface area (Å²) < 4.78 is 29.1. The zero-order chi connectivity index (χ0) is 23.5. The molecule has 2 heterocycles. The van der Waals surface area contributed by atoms with Gasteiger partial charge in [-0.05, 0) is 24.6 Å². The molecule has 2 aromatic heterocycles. The summed E-state index contributed by atoms with van der Waals surface area (Å²) in [6, 6.07) is 7.24. The Morgan fingerprint density at radius 3 is 2.72 bits per heavy atom. The molecule has 32 heavy (non-hydrogen) atoms. The highest BCUT2D eigenvalue weighted by atomic mass is 32.2. The number of benzene rings is 1. The van der Waals surface area contributed by atoms with Crippen molar-refractivity contribution in [1.29, 1.82) is 0 Å². The minimum absolute atomic E-state index is 0.0340. The number of carbonyl (C=O) groups is 1. The van der Waals surface area contributed by atoms with Crippen LogP contribution in [0.15, 0.2) is 45.9 Å². The lowest BCUT2D eigenvalue weighted by Crippen LogP contribution is -2.28. The highest BCUT2D eigenvalue weighted by molar-refractivity contribution is 7.90. The van der Waals surface area contributed by atoms with Crippen LogP contribution in [-0.4, -0.2) is 47.2 Å². The summed E-state index contributed by atoms with van der Waals surface area (Å²) in [5.74, 6) is -0.662. The summed E-state index contributed by atoms with van der Waals surface area (Å²) >= 11 is 0. The molecule has 0 bridgehead atoms. The topological polar surface area (TPSA) is 158 Å². The average molecular weight is 459 g/mol. The van der Waals surface area contributed by atoms with Crippen molar-refractivity contribution in [2.75, 3.05) is 12.8 Å². The Morgan fingerprint density at radius 1 is 1.31 bits per heavy atom. The monoisotopic (exact) mass is 459 g/mol. The molecule has 1 unspecified atom stereocenters. The van der Waals surface area contributed by atoms with E-state index >= 15 is 0 Å². The lowest BCUT2D eigenvalue weighted by atomic mass is 10.1. The number of aromatic nitrogens is 3. The van der Waals surface area contributed by atoms with Gasteiger partial charge in [-0.1, -0.05) is 25.1 Å². The molecular weight excluding hydrogens is 438 g/mol. The number of hydrogen-bond acceptors (Lipinski definition) is 9. The third kappa shape index (κ3) is 4.97. The van der Waals surface area contributed by atoms with Crippen LogP contribution in [0.4, 0.5) is 5.69 Å². The van der Waals surface area contributed by atoms with Crippen LogP contribution < -0.4 is 5.32 Å². The van der Waals surface area contributed by atoms with Crippen molar-refractivity contribution in [2.45, 2.75) is 31.1 Å². The van der Waals surface area contributed by atoms with E-state index in [1.807, 2.05) is 0 Å². The molecule has 1 aromatic carbocycles. The van der Waals surface area contributed by atoms with Gasteiger partial charge < -0.3 is 9.84 Å². The molecule has 168 valence electrons. The highest BCUT2D eigenvalue weighted by Crippen LogP contribution is 2.25. The molecule has 0 fully saturated rings. The zero-order valence-corrected chi connectivity index (χ0v) is 18.4. The normalized spacial score (nSPS) is 12.3. The van der Waals surface area contributed by atoms with Crippen LogP contribution in [0.5, 0.6) is 0 Å². The number of pyridine rings is 1. The van der Waals surface area contributed by atoms with Crippen molar-refractivity contribution in [3.63, 3.8) is 0 Å². The first-order chi connectivity index (χ1) is 15.1. The minimum Gasteiger partial charge on any atom is -0.351 e. The Hall–Kier alpha value is -3.67. The molecule has 0 aliphatic carbocycles. The van der Waals surface area contributed by atoms with Gasteiger partial charge in [-0.15, -0.1) is 0 Å². The third-order valence-electron chi connectivity index (χ3n) is 4.75. The summed E-state index contributed by atoms with van der Waals surface area (Å²) in [7, 11) is -3.55. The second kappa shape index (κ2) is 9.22. The van der Waals surface area contributed by atoms with E-state index < -0.39 is 20.7 Å². The fraction of sp³-hybridized carbons (Fsp3) is 0.300. The van der Waals surface area contributed by atoms with E-state index in [1.165, 1.54) is 30.5 Å². The smallest absolute Gasteiger partial charge is 0.277 e. The molecule has 1 amide bonds. The van der Waals surface area contributed by atoms with Gasteiger partial charge in [0.1, 0.15) is 5.69 Å². The number of nitro groups is 1. The van der Waals surface area contributed by atoms with Crippen LogP contribution >= 0.6 is 0 Å². The maximum Gasteiger partial charge on any atom is 0.277 e. The first-order valence-electron chi connectivity index (χ1n) is 9.66. The second-order valence-corrected chi connectivity index (χ2v) is 9.13. The van der Waals surface area contributed by atoms with E-state index in [4.69, 9.17) is 4.52 Å². The molecule has 12 heteroatoms. The van der Waals surface area contributed by atoms with Crippen LogP contribution in [-0.2, 0) is 16.3 Å². The Kier molecular flexibility index (Phi) is 6.63. The van der Waals surface area contributed by atoms with Crippen molar-refractivity contribution in [3.05, 3.63) is 63.6 Å². The summed E-state index contributed by atoms with van der Waals surface area (Å²) in [6.07, 6.45) is 2.95. The molecule has 0 spiro atoms. The molecule has 11 nitrogen and oxygen atoms in total. The molecule has 0 radical (unpaired) electrons. The molecule has 1 atom stereocenters.